The van der Waals surface area contributed by atoms with Crippen molar-refractivity contribution in [2.75, 3.05) is 14.1 Å². The van der Waals surface area contributed by atoms with Crippen molar-refractivity contribution >= 4 is 34.8 Å². The van der Waals surface area contributed by atoms with E-state index >= 15 is 0 Å². The first kappa shape index (κ1) is 25.0. The first-order chi connectivity index (χ1) is 14.8. The number of likely N-dealkylation sites (N-methyl/N-ethyl adjacent to an activating group) is 1. The molecule has 0 heterocycles. The molecule has 3 aliphatic rings. The number of nitrogens with two attached hydrogens (primary N) is 1. The van der Waals surface area contributed by atoms with Crippen LogP contribution in [0.3, 0.4) is 0 Å². The number of hydrogen-bond donors (Lipinski definition) is 6. The average molecular weight is 500 g/mol. The van der Waals surface area contributed by atoms with Crippen molar-refractivity contribution in [2.24, 2.45) is 17.6 Å². The maximum absolute atomic E-state index is 13.6. The topological polar surface area (TPSA) is 182 Å². The number of amides is 1. The van der Waals surface area contributed by atoms with Gasteiger partial charge in [0.1, 0.15) is 22.8 Å². The predicted octanol–water partition coefficient (Wildman–Crippen LogP) is -2.89. The molecule has 0 bridgehead atoms. The van der Waals surface area contributed by atoms with Gasteiger partial charge in [0.05, 0.1) is 17.7 Å². The normalized spacial score (nSPS) is 31.1. The molecule has 5 atom stereocenters. The third kappa shape index (κ3) is 3.09. The van der Waals surface area contributed by atoms with Gasteiger partial charge < -0.3 is 43.7 Å². The van der Waals surface area contributed by atoms with E-state index in [9.17, 15) is 39.9 Å². The minimum atomic E-state index is -2.77. The fourth-order valence-corrected chi connectivity index (χ4v) is 5.51. The number of aromatic hydroxyl groups is 1. The number of carbonyl (C=O) groups is 3. The highest BCUT2D eigenvalue weighted by molar-refractivity contribution is 6.32. The third-order valence-corrected chi connectivity index (χ3v) is 6.97. The van der Waals surface area contributed by atoms with Crippen LogP contribution in [-0.2, 0) is 14.4 Å². The first-order valence-electron chi connectivity index (χ1n) is 9.69. The van der Waals surface area contributed by atoms with Crippen LogP contribution >= 0.6 is 11.6 Å². The van der Waals surface area contributed by atoms with Gasteiger partial charge in [0.25, 0.3) is 5.91 Å². The summed E-state index contributed by atoms with van der Waals surface area (Å²) in [6.45, 7) is 0. The Bertz CT molecular complexity index is 1160. The van der Waals surface area contributed by atoms with Crippen LogP contribution in [0.4, 0.5) is 0 Å². The van der Waals surface area contributed by atoms with Crippen LogP contribution in [0.2, 0.25) is 5.02 Å². The van der Waals surface area contributed by atoms with E-state index < -0.39 is 75.5 Å². The molecule has 1 amide bonds. The largest absolute Gasteiger partial charge is 1.00 e. The number of primary amides is 1. The number of fused-ring (bicyclic) bond motifs is 3. The van der Waals surface area contributed by atoms with Crippen molar-refractivity contribution in [3.63, 3.8) is 0 Å². The number of phenols is 1. The number of rotatable bonds is 2. The van der Waals surface area contributed by atoms with Crippen LogP contribution < -0.4 is 18.1 Å². The molecule has 12 heteroatoms. The standard InChI is InChI=1S/C21H21ClN2O8.ClH/c1-24(2)14-7-5-6-10(16(27)12-9(25)4-3-8(22)11(12)15(6)26)18(29)21(7,32)19(30)13(17(14)28)20(23)31;/h3-4,6-7,14-15,25-27,30,32H,5H2,1-2H3,(H2,23,31);1H/p-1/t6?,7?,14?,15?,21-;/m0./s1. The SMILES string of the molecule is CN(C)C1C(=O)C(C(N)=O)=C(O)[C@@]2(O)C(=O)C3=C(O)c4c(O)ccc(Cl)c4C(O)C3CC12.[Cl-]. The van der Waals surface area contributed by atoms with Gasteiger partial charge in [-0.15, -0.1) is 0 Å². The van der Waals surface area contributed by atoms with Gasteiger partial charge in [-0.1, -0.05) is 11.6 Å². The molecule has 4 rings (SSSR count). The van der Waals surface area contributed by atoms with Crippen LogP contribution in [0.1, 0.15) is 23.7 Å². The molecule has 178 valence electrons. The lowest BCUT2D eigenvalue weighted by molar-refractivity contribution is -0.155. The third-order valence-electron chi connectivity index (χ3n) is 6.64. The van der Waals surface area contributed by atoms with E-state index in [1.807, 2.05) is 0 Å². The minimum absolute atomic E-state index is 0. The molecule has 1 aromatic carbocycles. The van der Waals surface area contributed by atoms with E-state index in [1.165, 1.54) is 31.1 Å². The second-order valence-corrected chi connectivity index (χ2v) is 8.87. The van der Waals surface area contributed by atoms with Gasteiger partial charge in [-0.05, 0) is 32.6 Å². The fourth-order valence-electron chi connectivity index (χ4n) is 5.24. The van der Waals surface area contributed by atoms with E-state index in [-0.39, 0.29) is 35.0 Å². The molecular formula is C21H21Cl2N2O8-. The Hall–Kier alpha value is -2.63. The van der Waals surface area contributed by atoms with Gasteiger partial charge in [0.15, 0.2) is 11.4 Å². The second-order valence-electron chi connectivity index (χ2n) is 8.47. The van der Waals surface area contributed by atoms with Crippen LogP contribution in [0.5, 0.6) is 5.75 Å². The van der Waals surface area contributed by atoms with Gasteiger partial charge in [-0.3, -0.25) is 19.3 Å². The molecule has 1 fully saturated rings. The Morgan fingerprint density at radius 2 is 1.82 bits per heavy atom. The van der Waals surface area contributed by atoms with E-state index in [1.54, 1.807) is 0 Å². The highest BCUT2D eigenvalue weighted by Gasteiger charge is 2.65. The average Bonchev–Trinajstić information content (AvgIpc) is 2.69. The molecule has 0 radical (unpaired) electrons. The summed E-state index contributed by atoms with van der Waals surface area (Å²) < 4.78 is 0. The number of phenolic OH excluding ortho intramolecular Hbond substituents is 1. The Balaban J connectivity index is 0.00000306. The maximum Gasteiger partial charge on any atom is 0.255 e. The zero-order chi connectivity index (χ0) is 23.9. The molecule has 1 aromatic rings. The number of ketones is 2. The summed E-state index contributed by atoms with van der Waals surface area (Å²) in [7, 11) is 2.97. The first-order valence-corrected chi connectivity index (χ1v) is 10.1. The number of Topliss-reactive ketones (excluding diaryl/α,β-unsaturated/α-hetero) is 2. The smallest absolute Gasteiger partial charge is 0.255 e. The van der Waals surface area contributed by atoms with Crippen molar-refractivity contribution < 1.29 is 52.3 Å². The van der Waals surface area contributed by atoms with E-state index in [0.717, 1.165) is 0 Å². The van der Waals surface area contributed by atoms with Crippen molar-refractivity contribution in [1.82, 2.24) is 4.90 Å². The fraction of sp³-hybridized carbons (Fsp3) is 0.381. The Labute approximate surface area is 199 Å². The highest BCUT2D eigenvalue weighted by atomic mass is 35.5. The van der Waals surface area contributed by atoms with Crippen molar-refractivity contribution in [3.8, 4) is 5.75 Å². The summed E-state index contributed by atoms with van der Waals surface area (Å²) in [5.74, 6) is -8.19. The number of aliphatic hydroxyl groups is 4. The number of hydrogen-bond acceptors (Lipinski definition) is 9. The number of halogens is 2. The zero-order valence-electron chi connectivity index (χ0n) is 17.4. The van der Waals surface area contributed by atoms with E-state index in [4.69, 9.17) is 17.3 Å². The van der Waals surface area contributed by atoms with Gasteiger partial charge in [0, 0.05) is 28.0 Å². The molecule has 33 heavy (non-hydrogen) atoms. The molecular weight excluding hydrogens is 479 g/mol. The minimum Gasteiger partial charge on any atom is -1.00 e. The molecule has 7 N–H and O–H groups in total. The van der Waals surface area contributed by atoms with Gasteiger partial charge in [-0.2, -0.15) is 0 Å². The van der Waals surface area contributed by atoms with E-state index in [0.29, 0.717) is 0 Å². The summed E-state index contributed by atoms with van der Waals surface area (Å²) in [6.07, 6.45) is -1.70. The van der Waals surface area contributed by atoms with Crippen molar-refractivity contribution in [3.05, 3.63) is 45.2 Å². The molecule has 0 saturated heterocycles. The van der Waals surface area contributed by atoms with E-state index in [2.05, 4.69) is 0 Å². The van der Waals surface area contributed by atoms with Crippen LogP contribution in [0, 0.1) is 11.8 Å². The molecule has 0 aromatic heterocycles. The predicted molar refractivity (Wildman–Crippen MR) is 111 cm³/mol. The molecule has 0 spiro atoms. The van der Waals surface area contributed by atoms with Gasteiger partial charge >= 0.3 is 0 Å². The summed E-state index contributed by atoms with van der Waals surface area (Å²) >= 11 is 6.19. The lowest BCUT2D eigenvalue weighted by atomic mass is 9.57. The molecule has 3 aliphatic carbocycles. The molecule has 4 unspecified atom stereocenters. The summed E-state index contributed by atoms with van der Waals surface area (Å²) in [6, 6.07) is 1.25. The zero-order valence-corrected chi connectivity index (χ0v) is 18.9. The van der Waals surface area contributed by atoms with Gasteiger partial charge in [0.2, 0.25) is 5.78 Å². The number of benzene rings is 1. The van der Waals surface area contributed by atoms with Gasteiger partial charge in [-0.25, -0.2) is 0 Å². The Morgan fingerprint density at radius 1 is 1.21 bits per heavy atom. The van der Waals surface area contributed by atoms with Crippen molar-refractivity contribution in [2.45, 2.75) is 24.2 Å². The van der Waals surface area contributed by atoms with Crippen LogP contribution in [0.25, 0.3) is 5.76 Å². The highest BCUT2D eigenvalue weighted by Crippen LogP contribution is 2.56. The lowest BCUT2D eigenvalue weighted by Crippen LogP contribution is -3.00. The van der Waals surface area contributed by atoms with Crippen molar-refractivity contribution in [1.29, 1.82) is 0 Å². The molecule has 1 saturated carbocycles. The molecule has 0 aliphatic heterocycles. The van der Waals surface area contributed by atoms with Crippen LogP contribution in [-0.4, -0.2) is 73.6 Å². The quantitative estimate of drug-likeness (QED) is 0.232. The number of carbonyl (C=O) groups excluding carboxylic acids is 3. The monoisotopic (exact) mass is 499 g/mol. The summed E-state index contributed by atoms with van der Waals surface area (Å²) in [5, 5.41) is 54.4. The second kappa shape index (κ2) is 8.00. The maximum atomic E-state index is 13.6. The molecule has 10 nitrogen and oxygen atoms in total. The Morgan fingerprint density at radius 3 is 2.36 bits per heavy atom. The Kier molecular flexibility index (Phi) is 6.06. The lowest BCUT2D eigenvalue weighted by Gasteiger charge is -2.51. The summed E-state index contributed by atoms with van der Waals surface area (Å²) in [5.41, 5.74) is 0.845. The number of nitrogens with zero attached hydrogens (tertiary/aromatic N) is 1. The number of aliphatic hydroxyl groups excluding tert-OH is 3. The summed E-state index contributed by atoms with van der Waals surface area (Å²) in [4.78, 5) is 39.8. The van der Waals surface area contributed by atoms with Crippen LogP contribution in [0.15, 0.2) is 29.0 Å².